The van der Waals surface area contributed by atoms with Crippen molar-refractivity contribution in [2.75, 3.05) is 11.9 Å². The molecule has 0 bridgehead atoms. The summed E-state index contributed by atoms with van der Waals surface area (Å²) < 4.78 is 5.46. The minimum absolute atomic E-state index is 0.0716. The monoisotopic (exact) mass is 469 g/mol. The first-order valence-corrected chi connectivity index (χ1v) is 12.2. The lowest BCUT2D eigenvalue weighted by Crippen LogP contribution is -2.12. The Morgan fingerprint density at radius 1 is 0.853 bits per heavy atom. The molecule has 4 nitrogen and oxygen atoms in total. The summed E-state index contributed by atoms with van der Waals surface area (Å²) in [6.45, 7) is 2.44. The highest BCUT2D eigenvalue weighted by atomic mass is 32.1. The molecule has 0 aliphatic carbocycles. The molecule has 4 aromatic rings. The van der Waals surface area contributed by atoms with E-state index in [4.69, 9.17) is 4.74 Å². The van der Waals surface area contributed by atoms with Crippen LogP contribution >= 0.6 is 11.3 Å². The third kappa shape index (κ3) is 6.21. The van der Waals surface area contributed by atoms with Gasteiger partial charge < -0.3 is 10.1 Å². The molecule has 1 amide bonds. The zero-order chi connectivity index (χ0) is 23.8. The van der Waals surface area contributed by atoms with Gasteiger partial charge in [-0.1, -0.05) is 72.8 Å². The van der Waals surface area contributed by atoms with E-state index >= 15 is 0 Å². The fourth-order valence-electron chi connectivity index (χ4n) is 3.76. The quantitative estimate of drug-likeness (QED) is 0.254. The maximum absolute atomic E-state index is 12.7. The number of benzene rings is 3. The first-order chi connectivity index (χ1) is 16.6. The summed E-state index contributed by atoms with van der Waals surface area (Å²) in [5.41, 5.74) is 4.02. The number of carbonyl (C=O) groups is 2. The Bertz CT molecular complexity index is 1250. The first-order valence-electron chi connectivity index (χ1n) is 11.4. The topological polar surface area (TPSA) is 55.4 Å². The van der Waals surface area contributed by atoms with Crippen molar-refractivity contribution in [3.8, 4) is 16.9 Å². The van der Waals surface area contributed by atoms with E-state index in [0.717, 1.165) is 22.5 Å². The van der Waals surface area contributed by atoms with E-state index in [2.05, 4.69) is 29.6 Å². The van der Waals surface area contributed by atoms with Gasteiger partial charge in [-0.25, -0.2) is 0 Å². The molecule has 0 atom stereocenters. The number of Topliss-reactive ketones (excluding diaryl/α,β-unsaturated/α-hetero) is 1. The number of anilines is 1. The van der Waals surface area contributed by atoms with Gasteiger partial charge in [-0.15, -0.1) is 11.3 Å². The number of hydrogen-bond donors (Lipinski definition) is 1. The van der Waals surface area contributed by atoms with E-state index in [1.165, 1.54) is 10.4 Å². The number of hydrogen-bond acceptors (Lipinski definition) is 4. The Labute approximate surface area is 204 Å². The highest BCUT2D eigenvalue weighted by Crippen LogP contribution is 2.36. The highest BCUT2D eigenvalue weighted by molar-refractivity contribution is 7.16. The third-order valence-corrected chi connectivity index (χ3v) is 6.46. The van der Waals surface area contributed by atoms with Crippen LogP contribution in [0.4, 0.5) is 5.00 Å². The molecule has 0 saturated heterocycles. The number of thiophene rings is 1. The number of nitrogens with one attached hydrogen (secondary N) is 1. The van der Waals surface area contributed by atoms with Gasteiger partial charge in [0.15, 0.2) is 5.78 Å². The van der Waals surface area contributed by atoms with Crippen molar-refractivity contribution >= 4 is 28.0 Å². The van der Waals surface area contributed by atoms with Crippen LogP contribution in [0.2, 0.25) is 0 Å². The van der Waals surface area contributed by atoms with Crippen LogP contribution in [0.15, 0.2) is 91.0 Å². The largest absolute Gasteiger partial charge is 0.494 e. The standard InChI is InChI=1S/C29H27NO3S/c1-2-33-24-15-9-14-23(19-24)26(31)16-17-28(32)30-29-20-25(22-12-7-4-8-13-22)27(34-29)18-21-10-5-3-6-11-21/h3-15,19-20H,2,16-18H2,1H3,(H,30,32). The van der Waals surface area contributed by atoms with Gasteiger partial charge in [0.25, 0.3) is 0 Å². The number of ether oxygens (including phenoxy) is 1. The molecule has 0 aliphatic rings. The van der Waals surface area contributed by atoms with Crippen molar-refractivity contribution in [3.05, 3.63) is 107 Å². The molecule has 4 rings (SSSR count). The van der Waals surface area contributed by atoms with E-state index in [9.17, 15) is 9.59 Å². The van der Waals surface area contributed by atoms with Crippen LogP contribution in [0.25, 0.3) is 11.1 Å². The van der Waals surface area contributed by atoms with Crippen molar-refractivity contribution in [1.29, 1.82) is 0 Å². The second kappa shape index (κ2) is 11.4. The molecule has 172 valence electrons. The van der Waals surface area contributed by atoms with E-state index in [-0.39, 0.29) is 24.5 Å². The molecular weight excluding hydrogens is 442 g/mol. The van der Waals surface area contributed by atoms with Gasteiger partial charge in [0.05, 0.1) is 11.6 Å². The number of carbonyl (C=O) groups excluding carboxylic acids is 2. The van der Waals surface area contributed by atoms with Gasteiger partial charge >= 0.3 is 0 Å². The second-order valence-corrected chi connectivity index (χ2v) is 9.04. The minimum Gasteiger partial charge on any atom is -0.494 e. The fourth-order valence-corrected chi connectivity index (χ4v) is 4.89. The average molecular weight is 470 g/mol. The van der Waals surface area contributed by atoms with Crippen molar-refractivity contribution in [1.82, 2.24) is 0 Å². The van der Waals surface area contributed by atoms with Crippen LogP contribution in [-0.2, 0) is 11.2 Å². The normalized spacial score (nSPS) is 10.6. The number of ketones is 1. The molecule has 0 fully saturated rings. The Hall–Kier alpha value is -3.70. The van der Waals surface area contributed by atoms with Gasteiger partial charge in [0, 0.05) is 29.7 Å². The summed E-state index contributed by atoms with van der Waals surface area (Å²) >= 11 is 1.58. The van der Waals surface area contributed by atoms with Gasteiger partial charge in [0.2, 0.25) is 5.91 Å². The summed E-state index contributed by atoms with van der Waals surface area (Å²) in [7, 11) is 0. The van der Waals surface area contributed by atoms with Crippen LogP contribution in [0.3, 0.4) is 0 Å². The molecule has 1 N–H and O–H groups in total. The molecule has 34 heavy (non-hydrogen) atoms. The van der Waals surface area contributed by atoms with Crippen LogP contribution in [-0.4, -0.2) is 18.3 Å². The Morgan fingerprint density at radius 3 is 2.32 bits per heavy atom. The highest BCUT2D eigenvalue weighted by Gasteiger charge is 2.15. The molecule has 5 heteroatoms. The molecule has 0 unspecified atom stereocenters. The van der Waals surface area contributed by atoms with Crippen LogP contribution in [0.5, 0.6) is 5.75 Å². The maximum atomic E-state index is 12.7. The Kier molecular flexibility index (Phi) is 7.89. The smallest absolute Gasteiger partial charge is 0.225 e. The zero-order valence-corrected chi connectivity index (χ0v) is 19.9. The zero-order valence-electron chi connectivity index (χ0n) is 19.1. The van der Waals surface area contributed by atoms with E-state index < -0.39 is 0 Å². The van der Waals surface area contributed by atoms with Crippen molar-refractivity contribution in [2.24, 2.45) is 0 Å². The molecule has 0 saturated carbocycles. The van der Waals surface area contributed by atoms with Gasteiger partial charge in [0.1, 0.15) is 5.75 Å². The molecular formula is C29H27NO3S. The maximum Gasteiger partial charge on any atom is 0.225 e. The van der Waals surface area contributed by atoms with Crippen LogP contribution in [0, 0.1) is 0 Å². The Balaban J connectivity index is 1.44. The second-order valence-electron chi connectivity index (χ2n) is 7.91. The Morgan fingerprint density at radius 2 is 1.59 bits per heavy atom. The summed E-state index contributed by atoms with van der Waals surface area (Å²) in [5, 5.41) is 3.79. The first kappa shape index (κ1) is 23.5. The predicted molar refractivity (Wildman–Crippen MR) is 139 cm³/mol. The predicted octanol–water partition coefficient (Wildman–Crippen LogP) is 7.01. The molecule has 0 radical (unpaired) electrons. The third-order valence-electron chi connectivity index (χ3n) is 5.41. The van der Waals surface area contributed by atoms with Gasteiger partial charge in [-0.3, -0.25) is 9.59 Å². The van der Waals surface area contributed by atoms with E-state index in [1.807, 2.05) is 55.5 Å². The lowest BCUT2D eigenvalue weighted by molar-refractivity contribution is -0.116. The number of rotatable bonds is 10. The summed E-state index contributed by atoms with van der Waals surface area (Å²) in [5.74, 6) is 0.426. The molecule has 0 aliphatic heterocycles. The summed E-state index contributed by atoms with van der Waals surface area (Å²) in [4.78, 5) is 26.4. The van der Waals surface area contributed by atoms with Crippen molar-refractivity contribution in [3.63, 3.8) is 0 Å². The van der Waals surface area contributed by atoms with Crippen molar-refractivity contribution < 1.29 is 14.3 Å². The van der Waals surface area contributed by atoms with Crippen LogP contribution in [0.1, 0.15) is 40.6 Å². The van der Waals surface area contributed by atoms with Gasteiger partial charge in [-0.2, -0.15) is 0 Å². The lowest BCUT2D eigenvalue weighted by atomic mass is 10.0. The van der Waals surface area contributed by atoms with Crippen molar-refractivity contribution in [2.45, 2.75) is 26.2 Å². The molecule has 1 heterocycles. The van der Waals surface area contributed by atoms with E-state index in [1.54, 1.807) is 29.5 Å². The van der Waals surface area contributed by atoms with Crippen LogP contribution < -0.4 is 10.1 Å². The summed E-state index contributed by atoms with van der Waals surface area (Å²) in [6, 6.07) is 29.6. The lowest BCUT2D eigenvalue weighted by Gasteiger charge is -2.06. The molecule has 1 aromatic heterocycles. The average Bonchev–Trinajstić information content (AvgIpc) is 3.26. The fraction of sp³-hybridized carbons (Fsp3) is 0.172. The summed E-state index contributed by atoms with van der Waals surface area (Å²) in [6.07, 6.45) is 1.07. The molecule has 3 aromatic carbocycles. The minimum atomic E-state index is -0.165. The van der Waals surface area contributed by atoms with Gasteiger partial charge in [-0.05, 0) is 41.8 Å². The number of amides is 1. The van der Waals surface area contributed by atoms with E-state index in [0.29, 0.717) is 17.9 Å². The molecule has 0 spiro atoms. The SMILES string of the molecule is CCOc1cccc(C(=O)CCC(=O)Nc2cc(-c3ccccc3)c(Cc3ccccc3)s2)c1.